The predicted molar refractivity (Wildman–Crippen MR) is 93.0 cm³/mol. The van der Waals surface area contributed by atoms with E-state index in [1.54, 1.807) is 7.11 Å². The van der Waals surface area contributed by atoms with Gasteiger partial charge in [0, 0.05) is 6.04 Å². The molecule has 2 rings (SSSR count). The molecule has 2 nitrogen and oxygen atoms in total. The van der Waals surface area contributed by atoms with Gasteiger partial charge < -0.3 is 10.1 Å². The summed E-state index contributed by atoms with van der Waals surface area (Å²) in [6.07, 6.45) is 6.62. The fourth-order valence-electron chi connectivity index (χ4n) is 3.45. The molecule has 0 aromatic heterocycles. The number of methoxy groups -OCH3 is 1. The summed E-state index contributed by atoms with van der Waals surface area (Å²) in [5.41, 5.74) is 1.38. The van der Waals surface area contributed by atoms with Crippen LogP contribution < -0.4 is 10.1 Å². The summed E-state index contributed by atoms with van der Waals surface area (Å²) in [6, 6.07) is 7.06. The van der Waals surface area contributed by atoms with E-state index in [1.165, 1.54) is 31.2 Å². The summed E-state index contributed by atoms with van der Waals surface area (Å²) in [5, 5.41) is 3.72. The molecule has 0 bridgehead atoms. The maximum Gasteiger partial charge on any atom is 0.133 e. The van der Waals surface area contributed by atoms with Gasteiger partial charge in [-0.3, -0.25) is 0 Å². The summed E-state index contributed by atoms with van der Waals surface area (Å²) in [5.74, 6) is 2.64. The van der Waals surface area contributed by atoms with Crippen molar-refractivity contribution in [1.82, 2.24) is 5.32 Å². The van der Waals surface area contributed by atoms with E-state index in [4.69, 9.17) is 4.74 Å². The van der Waals surface area contributed by atoms with Crippen LogP contribution in [0.3, 0.4) is 0 Å². The Kier molecular flexibility index (Phi) is 6.56. The minimum atomic E-state index is 0.600. The van der Waals surface area contributed by atoms with Crippen molar-refractivity contribution in [3.63, 3.8) is 0 Å². The third-order valence-corrected chi connectivity index (χ3v) is 5.39. The monoisotopic (exact) mass is 353 g/mol. The van der Waals surface area contributed by atoms with Crippen LogP contribution in [0.4, 0.5) is 0 Å². The Balaban J connectivity index is 2.03. The van der Waals surface area contributed by atoms with Crippen LogP contribution in [0.1, 0.15) is 45.1 Å². The molecule has 21 heavy (non-hydrogen) atoms. The second kappa shape index (κ2) is 8.19. The molecule has 0 spiro atoms. The maximum atomic E-state index is 5.32. The van der Waals surface area contributed by atoms with Gasteiger partial charge in [0.05, 0.1) is 11.6 Å². The molecule has 1 aliphatic rings. The molecule has 0 radical (unpaired) electrons. The zero-order chi connectivity index (χ0) is 15.2. The minimum Gasteiger partial charge on any atom is -0.496 e. The van der Waals surface area contributed by atoms with Crippen LogP contribution in [0, 0.1) is 11.8 Å². The molecule has 0 aliphatic heterocycles. The molecule has 1 aliphatic carbocycles. The summed E-state index contributed by atoms with van der Waals surface area (Å²) in [4.78, 5) is 0. The van der Waals surface area contributed by atoms with Crippen LogP contribution in [0.5, 0.6) is 5.75 Å². The van der Waals surface area contributed by atoms with Gasteiger partial charge in [-0.15, -0.1) is 0 Å². The lowest BCUT2D eigenvalue weighted by molar-refractivity contribution is 0.230. The quantitative estimate of drug-likeness (QED) is 0.792. The molecular weight excluding hydrogens is 326 g/mol. The average molecular weight is 354 g/mol. The Morgan fingerprint density at radius 2 is 2.00 bits per heavy atom. The van der Waals surface area contributed by atoms with Gasteiger partial charge in [-0.25, -0.2) is 0 Å². The molecule has 1 aromatic carbocycles. The fraction of sp³-hybridized carbons (Fsp3) is 0.667. The van der Waals surface area contributed by atoms with Crippen molar-refractivity contribution in [1.29, 1.82) is 0 Å². The first-order valence-corrected chi connectivity index (χ1v) is 8.99. The maximum absolute atomic E-state index is 5.32. The fourth-order valence-corrected chi connectivity index (χ4v) is 4.03. The molecule has 1 aromatic rings. The van der Waals surface area contributed by atoms with Crippen LogP contribution in [0.2, 0.25) is 0 Å². The third-order valence-electron chi connectivity index (χ3n) is 4.77. The Hall–Kier alpha value is -0.540. The predicted octanol–water partition coefficient (Wildman–Crippen LogP) is 4.80. The Morgan fingerprint density at radius 1 is 1.29 bits per heavy atom. The first-order valence-electron chi connectivity index (χ1n) is 8.19. The molecule has 1 N–H and O–H groups in total. The van der Waals surface area contributed by atoms with Crippen molar-refractivity contribution in [2.45, 2.75) is 52.0 Å². The number of halogens is 1. The number of rotatable bonds is 6. The third kappa shape index (κ3) is 4.72. The van der Waals surface area contributed by atoms with Crippen molar-refractivity contribution in [3.05, 3.63) is 28.2 Å². The van der Waals surface area contributed by atoms with Crippen LogP contribution in [-0.2, 0) is 6.42 Å². The zero-order valence-corrected chi connectivity index (χ0v) is 15.1. The van der Waals surface area contributed by atoms with E-state index in [2.05, 4.69) is 53.3 Å². The minimum absolute atomic E-state index is 0.600. The van der Waals surface area contributed by atoms with Gasteiger partial charge in [0.15, 0.2) is 0 Å². The Bertz CT molecular complexity index is 441. The van der Waals surface area contributed by atoms with Gasteiger partial charge in [0.25, 0.3) is 0 Å². The molecule has 1 unspecified atom stereocenters. The van der Waals surface area contributed by atoms with E-state index < -0.39 is 0 Å². The molecule has 1 fully saturated rings. The second-order valence-corrected chi connectivity index (χ2v) is 7.21. The van der Waals surface area contributed by atoms with Gasteiger partial charge in [0.1, 0.15) is 5.75 Å². The summed E-state index contributed by atoms with van der Waals surface area (Å²) >= 11 is 3.59. The van der Waals surface area contributed by atoms with Crippen molar-refractivity contribution in [2.24, 2.45) is 11.8 Å². The number of hydrogen-bond acceptors (Lipinski definition) is 2. The second-order valence-electron chi connectivity index (χ2n) is 6.36. The zero-order valence-electron chi connectivity index (χ0n) is 13.5. The summed E-state index contributed by atoms with van der Waals surface area (Å²) < 4.78 is 6.37. The number of benzene rings is 1. The highest BCUT2D eigenvalue weighted by Crippen LogP contribution is 2.32. The molecule has 0 saturated heterocycles. The average Bonchev–Trinajstić information content (AvgIpc) is 2.48. The highest BCUT2D eigenvalue weighted by atomic mass is 79.9. The number of hydrogen-bond donors (Lipinski definition) is 1. The van der Waals surface area contributed by atoms with Crippen molar-refractivity contribution >= 4 is 15.9 Å². The Morgan fingerprint density at radius 3 is 2.57 bits per heavy atom. The smallest absolute Gasteiger partial charge is 0.133 e. The van der Waals surface area contributed by atoms with Gasteiger partial charge in [-0.05, 0) is 71.3 Å². The van der Waals surface area contributed by atoms with Crippen molar-refractivity contribution in [3.8, 4) is 5.75 Å². The largest absolute Gasteiger partial charge is 0.496 e. The number of likely N-dealkylation sites (N-methyl/N-ethyl adjacent to an activating group) is 1. The summed E-state index contributed by atoms with van der Waals surface area (Å²) in [7, 11) is 1.71. The molecule has 3 heteroatoms. The van der Waals surface area contributed by atoms with Crippen molar-refractivity contribution < 1.29 is 4.74 Å². The van der Waals surface area contributed by atoms with E-state index >= 15 is 0 Å². The summed E-state index contributed by atoms with van der Waals surface area (Å²) in [6.45, 7) is 5.65. The van der Waals surface area contributed by atoms with Crippen LogP contribution >= 0.6 is 15.9 Å². The molecule has 118 valence electrons. The topological polar surface area (TPSA) is 21.3 Å². The standard InChI is InChI=1S/C18H28BrNO/c1-4-20-17(15-8-5-13(2)6-9-15)12-14-7-10-18(21-3)16(19)11-14/h7,10-11,13,15,17,20H,4-6,8-9,12H2,1-3H3. The van der Waals surface area contributed by atoms with Gasteiger partial charge in [-0.2, -0.15) is 0 Å². The lowest BCUT2D eigenvalue weighted by Crippen LogP contribution is -2.39. The van der Waals surface area contributed by atoms with E-state index in [0.29, 0.717) is 6.04 Å². The first-order chi connectivity index (χ1) is 10.1. The highest BCUT2D eigenvalue weighted by Gasteiger charge is 2.25. The van der Waals surface area contributed by atoms with Gasteiger partial charge in [0.2, 0.25) is 0 Å². The van der Waals surface area contributed by atoms with Crippen LogP contribution in [0.25, 0.3) is 0 Å². The van der Waals surface area contributed by atoms with Gasteiger partial charge in [-0.1, -0.05) is 32.8 Å². The van der Waals surface area contributed by atoms with Crippen molar-refractivity contribution in [2.75, 3.05) is 13.7 Å². The molecule has 0 amide bonds. The SMILES string of the molecule is CCNC(Cc1ccc(OC)c(Br)c1)C1CCC(C)CC1. The molecule has 1 saturated carbocycles. The highest BCUT2D eigenvalue weighted by molar-refractivity contribution is 9.10. The lowest BCUT2D eigenvalue weighted by atomic mass is 9.77. The Labute approximate surface area is 137 Å². The number of nitrogens with one attached hydrogen (secondary N) is 1. The van der Waals surface area contributed by atoms with Crippen LogP contribution in [-0.4, -0.2) is 19.7 Å². The number of ether oxygens (including phenoxy) is 1. The van der Waals surface area contributed by atoms with E-state index in [1.807, 2.05) is 0 Å². The first kappa shape index (κ1) is 16.8. The lowest BCUT2D eigenvalue weighted by Gasteiger charge is -2.33. The van der Waals surface area contributed by atoms with E-state index in [-0.39, 0.29) is 0 Å². The molecule has 1 atom stereocenters. The van der Waals surface area contributed by atoms with Gasteiger partial charge >= 0.3 is 0 Å². The molecule has 0 heterocycles. The molecular formula is C18H28BrNO. The van der Waals surface area contributed by atoms with E-state index in [0.717, 1.165) is 35.0 Å². The normalized spacial score (nSPS) is 23.8. The van der Waals surface area contributed by atoms with Crippen LogP contribution in [0.15, 0.2) is 22.7 Å². The van der Waals surface area contributed by atoms with E-state index in [9.17, 15) is 0 Å².